The second-order valence-corrected chi connectivity index (χ2v) is 5.34. The van der Waals surface area contributed by atoms with Crippen molar-refractivity contribution in [2.45, 2.75) is 37.9 Å². The van der Waals surface area contributed by atoms with Gasteiger partial charge in [-0.05, 0) is 38.8 Å². The number of likely N-dealkylation sites (tertiary alicyclic amines) is 1. The molecule has 0 spiro atoms. The number of carbonyl (C=O) groups is 2. The molecule has 2 aliphatic heterocycles. The number of likely N-dealkylation sites (N-methyl/N-ethyl adjacent to an activating group) is 1. The Morgan fingerprint density at radius 3 is 2.47 bits per heavy atom. The quantitative estimate of drug-likeness (QED) is 0.771. The normalized spacial score (nSPS) is 27.6. The van der Waals surface area contributed by atoms with Crippen LogP contribution in [0.5, 0.6) is 0 Å². The van der Waals surface area contributed by atoms with E-state index in [2.05, 4.69) is 4.90 Å². The predicted octanol–water partition coefficient (Wildman–Crippen LogP) is 0.173. The van der Waals surface area contributed by atoms with Gasteiger partial charge in [-0.1, -0.05) is 0 Å². The fraction of sp³-hybridized carbons (Fsp3) is 0.846. The molecule has 0 bridgehead atoms. The van der Waals surface area contributed by atoms with Crippen LogP contribution in [-0.4, -0.2) is 72.2 Å². The lowest BCUT2D eigenvalue weighted by atomic mass is 10.2. The van der Waals surface area contributed by atoms with Crippen LogP contribution in [0.2, 0.25) is 0 Å². The van der Waals surface area contributed by atoms with Gasteiger partial charge in [0.25, 0.3) is 5.91 Å². The van der Waals surface area contributed by atoms with E-state index in [4.69, 9.17) is 9.84 Å². The summed E-state index contributed by atoms with van der Waals surface area (Å²) in [5.74, 6) is -1.07. The van der Waals surface area contributed by atoms with Gasteiger partial charge in [0.1, 0.15) is 6.10 Å². The molecule has 6 heteroatoms. The van der Waals surface area contributed by atoms with Crippen molar-refractivity contribution in [3.63, 3.8) is 0 Å². The number of carboxylic acid groups (broad SMARTS) is 1. The van der Waals surface area contributed by atoms with Gasteiger partial charge in [0, 0.05) is 20.1 Å². The molecule has 1 N–H and O–H groups in total. The third-order valence-corrected chi connectivity index (χ3v) is 3.90. The number of ether oxygens (including phenoxy) is 1. The lowest BCUT2D eigenvalue weighted by molar-refractivity contribution is -0.154. The average molecular weight is 270 g/mol. The lowest BCUT2D eigenvalue weighted by Crippen LogP contribution is -2.41. The summed E-state index contributed by atoms with van der Waals surface area (Å²) in [5, 5.41) is 8.84. The molecule has 0 aromatic carbocycles. The van der Waals surface area contributed by atoms with Gasteiger partial charge in [0.2, 0.25) is 0 Å². The zero-order valence-electron chi connectivity index (χ0n) is 11.4. The Hall–Kier alpha value is -1.14. The van der Waals surface area contributed by atoms with E-state index in [1.165, 1.54) is 12.8 Å². The molecule has 2 rings (SSSR count). The van der Waals surface area contributed by atoms with Gasteiger partial charge < -0.3 is 19.6 Å². The topological polar surface area (TPSA) is 70.1 Å². The van der Waals surface area contributed by atoms with Gasteiger partial charge in [-0.25, -0.2) is 4.79 Å². The maximum Gasteiger partial charge on any atom is 0.332 e. The molecule has 2 atom stereocenters. The van der Waals surface area contributed by atoms with Crippen molar-refractivity contribution in [2.75, 3.05) is 33.2 Å². The number of hydrogen-bond donors (Lipinski definition) is 1. The van der Waals surface area contributed by atoms with E-state index in [-0.39, 0.29) is 5.91 Å². The van der Waals surface area contributed by atoms with Crippen LogP contribution >= 0.6 is 0 Å². The number of nitrogens with zero attached hydrogens (tertiary/aromatic N) is 2. The molecule has 0 unspecified atom stereocenters. The van der Waals surface area contributed by atoms with E-state index in [1.807, 2.05) is 0 Å². The summed E-state index contributed by atoms with van der Waals surface area (Å²) >= 11 is 0. The van der Waals surface area contributed by atoms with Crippen LogP contribution < -0.4 is 0 Å². The van der Waals surface area contributed by atoms with Gasteiger partial charge in [0.15, 0.2) is 6.10 Å². The molecule has 1 amide bonds. The molecule has 0 radical (unpaired) electrons. The highest BCUT2D eigenvalue weighted by atomic mass is 16.5. The number of amides is 1. The van der Waals surface area contributed by atoms with Crippen LogP contribution in [0.25, 0.3) is 0 Å². The van der Waals surface area contributed by atoms with Crippen molar-refractivity contribution in [1.29, 1.82) is 0 Å². The predicted molar refractivity (Wildman–Crippen MR) is 68.8 cm³/mol. The molecule has 0 saturated carbocycles. The Morgan fingerprint density at radius 2 is 1.89 bits per heavy atom. The number of hydrogen-bond acceptors (Lipinski definition) is 4. The van der Waals surface area contributed by atoms with E-state index in [1.54, 1.807) is 11.9 Å². The summed E-state index contributed by atoms with van der Waals surface area (Å²) in [7, 11) is 1.76. The van der Waals surface area contributed by atoms with Crippen LogP contribution in [0.4, 0.5) is 0 Å². The Kier molecular flexibility index (Phi) is 4.76. The standard InChI is InChI=1S/C13H22N2O4/c1-14(8-9-15-6-2-3-7-15)12(16)10-4-5-11(19-10)13(17)18/h10-11H,2-9H2,1H3,(H,17,18)/t10-,11+/m0/s1. The summed E-state index contributed by atoms with van der Waals surface area (Å²) in [6.45, 7) is 3.79. The van der Waals surface area contributed by atoms with Crippen LogP contribution in [-0.2, 0) is 14.3 Å². The molecular formula is C13H22N2O4. The van der Waals surface area contributed by atoms with Crippen molar-refractivity contribution in [3.05, 3.63) is 0 Å². The van der Waals surface area contributed by atoms with E-state index >= 15 is 0 Å². The molecule has 2 fully saturated rings. The van der Waals surface area contributed by atoms with Crippen molar-refractivity contribution >= 4 is 11.9 Å². The summed E-state index contributed by atoms with van der Waals surface area (Å²) in [6.07, 6.45) is 2.01. The van der Waals surface area contributed by atoms with Gasteiger partial charge in [-0.3, -0.25) is 4.79 Å². The van der Waals surface area contributed by atoms with Crippen LogP contribution in [0.3, 0.4) is 0 Å². The molecule has 2 saturated heterocycles. The molecule has 19 heavy (non-hydrogen) atoms. The van der Waals surface area contributed by atoms with Gasteiger partial charge in [0.05, 0.1) is 0 Å². The highest BCUT2D eigenvalue weighted by Gasteiger charge is 2.36. The third-order valence-electron chi connectivity index (χ3n) is 3.90. The first-order valence-corrected chi connectivity index (χ1v) is 6.93. The van der Waals surface area contributed by atoms with Crippen molar-refractivity contribution in [3.8, 4) is 0 Å². The van der Waals surface area contributed by atoms with E-state index < -0.39 is 18.2 Å². The maximum atomic E-state index is 12.1. The van der Waals surface area contributed by atoms with E-state index in [9.17, 15) is 9.59 Å². The fourth-order valence-electron chi connectivity index (χ4n) is 2.65. The zero-order valence-corrected chi connectivity index (χ0v) is 11.4. The average Bonchev–Trinajstić information content (AvgIpc) is 3.05. The SMILES string of the molecule is CN(CCN1CCCC1)C(=O)[C@@H]1CC[C@H](C(=O)O)O1. The van der Waals surface area contributed by atoms with E-state index in [0.717, 1.165) is 19.6 Å². The van der Waals surface area contributed by atoms with E-state index in [0.29, 0.717) is 19.4 Å². The number of carboxylic acids is 1. The first-order chi connectivity index (χ1) is 9.08. The number of carbonyl (C=O) groups excluding carboxylic acids is 1. The molecule has 108 valence electrons. The first kappa shape index (κ1) is 14.3. The minimum atomic E-state index is -0.977. The number of aliphatic carboxylic acids is 1. The Bertz CT molecular complexity index is 342. The van der Waals surface area contributed by atoms with Crippen LogP contribution in [0, 0.1) is 0 Å². The Balaban J connectivity index is 1.74. The summed E-state index contributed by atoms with van der Waals surface area (Å²) in [6, 6.07) is 0. The number of rotatable bonds is 5. The molecule has 0 aliphatic carbocycles. The van der Waals surface area contributed by atoms with Crippen molar-refractivity contribution in [1.82, 2.24) is 9.80 Å². The molecule has 6 nitrogen and oxygen atoms in total. The van der Waals surface area contributed by atoms with Gasteiger partial charge >= 0.3 is 5.97 Å². The highest BCUT2D eigenvalue weighted by Crippen LogP contribution is 2.21. The highest BCUT2D eigenvalue weighted by molar-refractivity contribution is 5.82. The summed E-state index contributed by atoms with van der Waals surface area (Å²) in [5.41, 5.74) is 0. The van der Waals surface area contributed by atoms with Gasteiger partial charge in [-0.15, -0.1) is 0 Å². The zero-order chi connectivity index (χ0) is 13.8. The summed E-state index contributed by atoms with van der Waals surface area (Å²) < 4.78 is 5.27. The van der Waals surface area contributed by atoms with Crippen molar-refractivity contribution < 1.29 is 19.4 Å². The molecular weight excluding hydrogens is 248 g/mol. The second kappa shape index (κ2) is 6.34. The van der Waals surface area contributed by atoms with Gasteiger partial charge in [-0.2, -0.15) is 0 Å². The molecule has 0 aromatic rings. The maximum absolute atomic E-state index is 12.1. The third kappa shape index (κ3) is 3.67. The van der Waals surface area contributed by atoms with Crippen LogP contribution in [0.1, 0.15) is 25.7 Å². The lowest BCUT2D eigenvalue weighted by Gasteiger charge is -2.23. The molecule has 2 aliphatic rings. The largest absolute Gasteiger partial charge is 0.479 e. The summed E-state index contributed by atoms with van der Waals surface area (Å²) in [4.78, 5) is 26.9. The Morgan fingerprint density at radius 1 is 1.26 bits per heavy atom. The minimum Gasteiger partial charge on any atom is -0.479 e. The smallest absolute Gasteiger partial charge is 0.332 e. The second-order valence-electron chi connectivity index (χ2n) is 5.34. The van der Waals surface area contributed by atoms with Crippen molar-refractivity contribution in [2.24, 2.45) is 0 Å². The minimum absolute atomic E-state index is 0.0945. The molecule has 2 heterocycles. The monoisotopic (exact) mass is 270 g/mol. The molecule has 0 aromatic heterocycles. The Labute approximate surface area is 113 Å². The first-order valence-electron chi connectivity index (χ1n) is 6.93. The van der Waals surface area contributed by atoms with Crippen LogP contribution in [0.15, 0.2) is 0 Å². The fourth-order valence-corrected chi connectivity index (χ4v) is 2.65.